The molecule has 5 aromatic rings. The first kappa shape index (κ1) is 31.5. The molecule has 5 rings (SSSR count). The van der Waals surface area contributed by atoms with E-state index in [2.05, 4.69) is 39.0 Å². The Morgan fingerprint density at radius 1 is 1.00 bits per heavy atom. The molecule has 3 aromatic carbocycles. The summed E-state index contributed by atoms with van der Waals surface area (Å²) in [5.41, 5.74) is 5.09. The number of urea groups is 1. The SMILES string of the molecule is COc1ccc(C(C)C)c(-n2c(C)cs/c2=N\C(=O)NC(C)c2ccc(-c3ncn(-c4ccc(OC(F)(F)F)cc4)n3)cc2)c1. The molecular formula is C32H31F3N6O3S. The monoisotopic (exact) mass is 636 g/mol. The molecule has 2 amide bonds. The van der Waals surface area contributed by atoms with Crippen molar-refractivity contribution in [2.75, 3.05) is 7.11 Å². The molecule has 2 aromatic heterocycles. The summed E-state index contributed by atoms with van der Waals surface area (Å²) in [6.07, 6.45) is -3.29. The van der Waals surface area contributed by atoms with Crippen LogP contribution in [0.2, 0.25) is 0 Å². The number of hydrogen-bond acceptors (Lipinski definition) is 6. The van der Waals surface area contributed by atoms with Gasteiger partial charge in [-0.15, -0.1) is 29.6 Å². The number of nitrogens with zero attached hydrogens (tertiary/aromatic N) is 5. The lowest BCUT2D eigenvalue weighted by Crippen LogP contribution is -2.27. The summed E-state index contributed by atoms with van der Waals surface area (Å²) in [4.78, 5) is 22.3. The number of alkyl halides is 3. The summed E-state index contributed by atoms with van der Waals surface area (Å²) in [6, 6.07) is 17.8. The van der Waals surface area contributed by atoms with Gasteiger partial charge in [0.2, 0.25) is 0 Å². The van der Waals surface area contributed by atoms with Gasteiger partial charge in [-0.1, -0.05) is 44.2 Å². The molecule has 1 N–H and O–H groups in total. The average Bonchev–Trinajstić information content (AvgIpc) is 3.63. The molecule has 9 nitrogen and oxygen atoms in total. The van der Waals surface area contributed by atoms with Crippen molar-refractivity contribution >= 4 is 17.4 Å². The van der Waals surface area contributed by atoms with E-state index in [0.717, 1.165) is 33.8 Å². The van der Waals surface area contributed by atoms with E-state index in [1.165, 1.54) is 46.6 Å². The summed E-state index contributed by atoms with van der Waals surface area (Å²) >= 11 is 1.39. The quantitative estimate of drug-likeness (QED) is 0.190. The smallest absolute Gasteiger partial charge is 0.497 e. The molecule has 0 bridgehead atoms. The standard InChI is InChI=1S/C32H31F3N6O3S/c1-19(2)27-15-14-26(43-5)16-28(27)41-20(3)17-45-31(41)38-30(42)37-21(4)22-6-8-23(9-7-22)29-36-18-40(39-29)24-10-12-25(13-11-24)44-32(33,34)35/h6-19,21H,1-5H3,(H,37,42)/b38-31-. The molecule has 0 aliphatic heterocycles. The van der Waals surface area contributed by atoms with Crippen LogP contribution in [0.4, 0.5) is 18.0 Å². The highest BCUT2D eigenvalue weighted by atomic mass is 32.1. The van der Waals surface area contributed by atoms with Crippen molar-refractivity contribution in [3.8, 4) is 34.3 Å². The molecule has 1 atom stereocenters. The van der Waals surface area contributed by atoms with Crippen LogP contribution < -0.4 is 19.6 Å². The van der Waals surface area contributed by atoms with Crippen molar-refractivity contribution in [1.29, 1.82) is 0 Å². The molecule has 0 radical (unpaired) electrons. The number of benzene rings is 3. The van der Waals surface area contributed by atoms with Crippen molar-refractivity contribution in [3.05, 3.63) is 100 Å². The van der Waals surface area contributed by atoms with Crippen LogP contribution in [0.5, 0.6) is 11.5 Å². The zero-order valence-corrected chi connectivity index (χ0v) is 26.0. The van der Waals surface area contributed by atoms with E-state index in [9.17, 15) is 18.0 Å². The van der Waals surface area contributed by atoms with Crippen molar-refractivity contribution < 1.29 is 27.4 Å². The van der Waals surface area contributed by atoms with Crippen LogP contribution in [-0.2, 0) is 0 Å². The van der Waals surface area contributed by atoms with Crippen molar-refractivity contribution in [3.63, 3.8) is 0 Å². The molecular weight excluding hydrogens is 605 g/mol. The fourth-order valence-corrected chi connectivity index (χ4v) is 5.59. The minimum absolute atomic E-state index is 0.250. The number of carbonyl (C=O) groups is 1. The molecule has 0 spiro atoms. The zero-order valence-electron chi connectivity index (χ0n) is 25.2. The van der Waals surface area contributed by atoms with Gasteiger partial charge in [-0.05, 0) is 61.2 Å². The van der Waals surface area contributed by atoms with E-state index in [1.807, 2.05) is 66.3 Å². The first-order valence-corrected chi connectivity index (χ1v) is 14.9. The minimum atomic E-state index is -4.76. The van der Waals surface area contributed by atoms with Crippen LogP contribution in [0.15, 0.2) is 83.4 Å². The molecule has 0 aliphatic carbocycles. The fourth-order valence-electron chi connectivity index (χ4n) is 4.72. The number of hydrogen-bond donors (Lipinski definition) is 1. The van der Waals surface area contributed by atoms with E-state index < -0.39 is 12.4 Å². The van der Waals surface area contributed by atoms with Gasteiger partial charge in [0.05, 0.1) is 24.5 Å². The van der Waals surface area contributed by atoms with Gasteiger partial charge in [-0.2, -0.15) is 4.99 Å². The number of thiazole rings is 1. The van der Waals surface area contributed by atoms with E-state index >= 15 is 0 Å². The van der Waals surface area contributed by atoms with E-state index in [-0.39, 0.29) is 17.7 Å². The van der Waals surface area contributed by atoms with Crippen molar-refractivity contribution in [2.45, 2.75) is 46.0 Å². The maximum absolute atomic E-state index is 13.1. The average molecular weight is 637 g/mol. The second-order valence-electron chi connectivity index (χ2n) is 10.5. The summed E-state index contributed by atoms with van der Waals surface area (Å²) < 4.78 is 50.1. The van der Waals surface area contributed by atoms with E-state index in [1.54, 1.807) is 7.11 Å². The Labute approximate surface area is 261 Å². The predicted octanol–water partition coefficient (Wildman–Crippen LogP) is 7.50. The largest absolute Gasteiger partial charge is 0.573 e. The van der Waals surface area contributed by atoms with Gasteiger partial charge in [-0.25, -0.2) is 14.5 Å². The summed E-state index contributed by atoms with van der Waals surface area (Å²) in [5, 5.41) is 9.34. The van der Waals surface area contributed by atoms with Crippen LogP contribution in [0.1, 0.15) is 49.6 Å². The molecule has 13 heteroatoms. The molecule has 0 saturated carbocycles. The Bertz CT molecular complexity index is 1860. The molecule has 234 valence electrons. The number of amides is 2. The van der Waals surface area contributed by atoms with Gasteiger partial charge in [0.25, 0.3) is 0 Å². The Balaban J connectivity index is 1.29. The Kier molecular flexibility index (Phi) is 9.09. The lowest BCUT2D eigenvalue weighted by atomic mass is 10.0. The molecule has 2 heterocycles. The van der Waals surface area contributed by atoms with Gasteiger partial charge in [0.15, 0.2) is 10.6 Å². The lowest BCUT2D eigenvalue weighted by molar-refractivity contribution is -0.274. The minimum Gasteiger partial charge on any atom is -0.497 e. The Morgan fingerprint density at radius 3 is 2.33 bits per heavy atom. The van der Waals surface area contributed by atoms with Gasteiger partial charge >= 0.3 is 12.4 Å². The van der Waals surface area contributed by atoms with E-state index in [4.69, 9.17) is 4.74 Å². The number of nitrogens with one attached hydrogen (secondary N) is 1. The molecule has 0 saturated heterocycles. The first-order chi connectivity index (χ1) is 21.4. The van der Waals surface area contributed by atoms with Gasteiger partial charge in [-0.3, -0.25) is 4.57 Å². The second-order valence-corrected chi connectivity index (χ2v) is 11.4. The topological polar surface area (TPSA) is 95.6 Å². The molecule has 0 aliphatic rings. The van der Waals surface area contributed by atoms with Gasteiger partial charge < -0.3 is 14.8 Å². The second kappa shape index (κ2) is 13.0. The molecule has 0 fully saturated rings. The van der Waals surface area contributed by atoms with Gasteiger partial charge in [0, 0.05) is 22.7 Å². The Morgan fingerprint density at radius 2 is 1.69 bits per heavy atom. The number of rotatable bonds is 8. The van der Waals surface area contributed by atoms with Gasteiger partial charge in [0.1, 0.15) is 17.8 Å². The molecule has 1 unspecified atom stereocenters. The number of carbonyl (C=O) groups excluding carboxylic acids is 1. The number of ether oxygens (including phenoxy) is 2. The highest BCUT2D eigenvalue weighted by Crippen LogP contribution is 2.28. The summed E-state index contributed by atoms with van der Waals surface area (Å²) in [5.74, 6) is 1.08. The normalized spacial score (nSPS) is 12.8. The van der Waals surface area contributed by atoms with Crippen LogP contribution in [0.25, 0.3) is 22.8 Å². The zero-order chi connectivity index (χ0) is 32.3. The number of aromatic nitrogens is 4. The van der Waals surface area contributed by atoms with Crippen LogP contribution in [0, 0.1) is 6.92 Å². The van der Waals surface area contributed by atoms with Crippen molar-refractivity contribution in [1.82, 2.24) is 24.6 Å². The predicted molar refractivity (Wildman–Crippen MR) is 165 cm³/mol. The van der Waals surface area contributed by atoms with E-state index in [0.29, 0.717) is 16.3 Å². The maximum atomic E-state index is 13.1. The van der Waals surface area contributed by atoms with Crippen LogP contribution >= 0.6 is 11.3 Å². The first-order valence-electron chi connectivity index (χ1n) is 14.0. The highest BCUT2D eigenvalue weighted by Gasteiger charge is 2.31. The lowest BCUT2D eigenvalue weighted by Gasteiger charge is -2.17. The number of halogens is 3. The maximum Gasteiger partial charge on any atom is 0.573 e. The molecule has 45 heavy (non-hydrogen) atoms. The van der Waals surface area contributed by atoms with Crippen LogP contribution in [-0.4, -0.2) is 38.8 Å². The number of aryl methyl sites for hydroxylation is 1. The Hall–Kier alpha value is -4.91. The third-order valence-electron chi connectivity index (χ3n) is 7.01. The van der Waals surface area contributed by atoms with Crippen LogP contribution in [0.3, 0.4) is 0 Å². The summed E-state index contributed by atoms with van der Waals surface area (Å²) in [7, 11) is 1.62. The summed E-state index contributed by atoms with van der Waals surface area (Å²) in [6.45, 7) is 8.08. The highest BCUT2D eigenvalue weighted by molar-refractivity contribution is 7.07. The number of methoxy groups -OCH3 is 1. The fraction of sp³-hybridized carbons (Fsp3) is 0.250. The van der Waals surface area contributed by atoms with Crippen molar-refractivity contribution in [2.24, 2.45) is 4.99 Å². The third kappa shape index (κ3) is 7.43. The third-order valence-corrected chi connectivity index (χ3v) is 7.96.